The first kappa shape index (κ1) is 15.8. The summed E-state index contributed by atoms with van der Waals surface area (Å²) in [4.78, 5) is 15.5. The highest BCUT2D eigenvalue weighted by Crippen LogP contribution is 2.29. The molecule has 4 nitrogen and oxygen atoms in total. The maximum atomic E-state index is 13.7. The molecular weight excluding hydrogens is 315 g/mol. The molecule has 1 aliphatic carbocycles. The first-order valence-electron chi connectivity index (χ1n) is 7.56. The Balaban J connectivity index is 1.59. The second-order valence-corrected chi connectivity index (χ2v) is 6.60. The summed E-state index contributed by atoms with van der Waals surface area (Å²) in [5.41, 5.74) is 0.712. The number of rotatable bonds is 6. The first-order chi connectivity index (χ1) is 11.2. The third-order valence-electron chi connectivity index (χ3n) is 3.81. The van der Waals surface area contributed by atoms with Gasteiger partial charge in [-0.25, -0.2) is 9.18 Å². The van der Waals surface area contributed by atoms with Gasteiger partial charge in [-0.15, -0.1) is 11.3 Å². The largest absolute Gasteiger partial charge is 0.494 e. The number of carbonyl (C=O) groups excluding carboxylic acids is 1. The van der Waals surface area contributed by atoms with E-state index in [1.54, 1.807) is 23.5 Å². The number of thiophene rings is 1. The summed E-state index contributed by atoms with van der Waals surface area (Å²) in [6, 6.07) is 8.96. The molecule has 0 atom stereocenters. The van der Waals surface area contributed by atoms with E-state index in [2.05, 4.69) is 5.32 Å². The van der Waals surface area contributed by atoms with Gasteiger partial charge in [0.1, 0.15) is 0 Å². The van der Waals surface area contributed by atoms with E-state index < -0.39 is 5.82 Å². The minimum Gasteiger partial charge on any atom is -0.494 e. The Bertz CT molecular complexity index is 671. The second-order valence-electron chi connectivity index (χ2n) is 5.57. The van der Waals surface area contributed by atoms with Crippen LogP contribution in [0.2, 0.25) is 0 Å². The van der Waals surface area contributed by atoms with Crippen LogP contribution in [-0.4, -0.2) is 24.1 Å². The average Bonchev–Trinajstić information content (AvgIpc) is 3.26. The Hall–Kier alpha value is -2.08. The lowest BCUT2D eigenvalue weighted by Crippen LogP contribution is -2.40. The van der Waals surface area contributed by atoms with Crippen molar-refractivity contribution in [2.45, 2.75) is 32.0 Å². The fourth-order valence-corrected chi connectivity index (χ4v) is 3.13. The molecule has 1 heterocycles. The van der Waals surface area contributed by atoms with E-state index in [-0.39, 0.29) is 11.8 Å². The van der Waals surface area contributed by atoms with E-state index >= 15 is 0 Å². The monoisotopic (exact) mass is 334 g/mol. The molecular formula is C17H19FN2O2S. The molecule has 0 aliphatic heterocycles. The number of hydrogen-bond donors (Lipinski definition) is 1. The highest BCUT2D eigenvalue weighted by Gasteiger charge is 2.32. The van der Waals surface area contributed by atoms with Crippen molar-refractivity contribution in [1.29, 1.82) is 0 Å². The van der Waals surface area contributed by atoms with Gasteiger partial charge in [-0.1, -0.05) is 12.1 Å². The van der Waals surface area contributed by atoms with Crippen molar-refractivity contribution in [2.75, 3.05) is 7.11 Å². The van der Waals surface area contributed by atoms with Gasteiger partial charge in [0.15, 0.2) is 11.6 Å². The highest BCUT2D eigenvalue weighted by atomic mass is 32.1. The molecule has 122 valence electrons. The summed E-state index contributed by atoms with van der Waals surface area (Å²) < 4.78 is 18.6. The van der Waals surface area contributed by atoms with Gasteiger partial charge in [-0.05, 0) is 42.0 Å². The van der Waals surface area contributed by atoms with Crippen molar-refractivity contribution in [3.63, 3.8) is 0 Å². The van der Waals surface area contributed by atoms with Gasteiger partial charge >= 0.3 is 6.03 Å². The molecule has 3 rings (SSSR count). The van der Waals surface area contributed by atoms with Gasteiger partial charge in [0.2, 0.25) is 0 Å². The quantitative estimate of drug-likeness (QED) is 0.874. The van der Waals surface area contributed by atoms with Crippen LogP contribution in [-0.2, 0) is 13.1 Å². The molecule has 1 aromatic carbocycles. The Labute approximate surface area is 138 Å². The molecule has 0 unspecified atom stereocenters. The van der Waals surface area contributed by atoms with Crippen molar-refractivity contribution < 1.29 is 13.9 Å². The second kappa shape index (κ2) is 7.00. The fraction of sp³-hybridized carbons (Fsp3) is 0.353. The van der Waals surface area contributed by atoms with Crippen LogP contribution in [0.5, 0.6) is 5.75 Å². The lowest BCUT2D eigenvalue weighted by molar-refractivity contribution is 0.192. The molecule has 1 fully saturated rings. The summed E-state index contributed by atoms with van der Waals surface area (Å²) in [6.45, 7) is 0.929. The maximum Gasteiger partial charge on any atom is 0.318 e. The van der Waals surface area contributed by atoms with Crippen LogP contribution < -0.4 is 10.1 Å². The third kappa shape index (κ3) is 4.01. The van der Waals surface area contributed by atoms with E-state index in [1.807, 2.05) is 22.4 Å². The number of methoxy groups -OCH3 is 1. The number of hydrogen-bond acceptors (Lipinski definition) is 3. The summed E-state index contributed by atoms with van der Waals surface area (Å²) in [7, 11) is 1.43. The standard InChI is InChI=1S/C17H19FN2O2S/c1-22-16-7-4-12(9-15(16)18)10-19-17(21)20(13-5-6-13)11-14-3-2-8-23-14/h2-4,7-9,13H,5-6,10-11H2,1H3,(H,19,21). The summed E-state index contributed by atoms with van der Waals surface area (Å²) in [6.07, 6.45) is 2.10. The zero-order chi connectivity index (χ0) is 16.2. The minimum atomic E-state index is -0.420. The van der Waals surface area contributed by atoms with E-state index in [4.69, 9.17) is 4.74 Å². The fourth-order valence-electron chi connectivity index (χ4n) is 2.42. The zero-order valence-corrected chi connectivity index (χ0v) is 13.7. The SMILES string of the molecule is COc1ccc(CNC(=O)N(Cc2cccs2)C2CC2)cc1F. The molecule has 23 heavy (non-hydrogen) atoms. The Morgan fingerprint density at radius 3 is 2.87 bits per heavy atom. The van der Waals surface area contributed by atoms with Gasteiger partial charge < -0.3 is 15.0 Å². The van der Waals surface area contributed by atoms with Crippen molar-refractivity contribution in [1.82, 2.24) is 10.2 Å². The predicted molar refractivity (Wildman–Crippen MR) is 88.1 cm³/mol. The molecule has 0 bridgehead atoms. The van der Waals surface area contributed by atoms with Crippen LogP contribution >= 0.6 is 11.3 Å². The van der Waals surface area contributed by atoms with Crippen LogP contribution in [0.4, 0.5) is 9.18 Å². The summed E-state index contributed by atoms with van der Waals surface area (Å²) >= 11 is 1.65. The maximum absolute atomic E-state index is 13.7. The molecule has 1 aliphatic rings. The van der Waals surface area contributed by atoms with Crippen LogP contribution in [0.15, 0.2) is 35.7 Å². The van der Waals surface area contributed by atoms with Crippen LogP contribution in [0, 0.1) is 5.82 Å². The molecule has 6 heteroatoms. The van der Waals surface area contributed by atoms with Gasteiger partial charge in [-0.2, -0.15) is 0 Å². The van der Waals surface area contributed by atoms with Gasteiger partial charge in [0.05, 0.1) is 13.7 Å². The number of benzene rings is 1. The number of nitrogens with one attached hydrogen (secondary N) is 1. The molecule has 2 aromatic rings. The molecule has 1 aromatic heterocycles. The van der Waals surface area contributed by atoms with E-state index in [0.29, 0.717) is 24.7 Å². The van der Waals surface area contributed by atoms with E-state index in [0.717, 1.165) is 12.8 Å². The molecule has 0 radical (unpaired) electrons. The van der Waals surface area contributed by atoms with Crippen LogP contribution in [0.1, 0.15) is 23.3 Å². The first-order valence-corrected chi connectivity index (χ1v) is 8.44. The lowest BCUT2D eigenvalue weighted by atomic mass is 10.2. The molecule has 0 saturated heterocycles. The number of urea groups is 1. The van der Waals surface area contributed by atoms with Crippen molar-refractivity contribution in [3.05, 3.63) is 52.0 Å². The molecule has 1 N–H and O–H groups in total. The number of halogens is 1. The third-order valence-corrected chi connectivity index (χ3v) is 4.68. The van der Waals surface area contributed by atoms with E-state index in [1.165, 1.54) is 18.1 Å². The minimum absolute atomic E-state index is 0.0999. The van der Waals surface area contributed by atoms with Crippen molar-refractivity contribution >= 4 is 17.4 Å². The molecule has 0 spiro atoms. The van der Waals surface area contributed by atoms with Crippen molar-refractivity contribution in [2.24, 2.45) is 0 Å². The topological polar surface area (TPSA) is 41.6 Å². The smallest absolute Gasteiger partial charge is 0.318 e. The number of nitrogens with zero attached hydrogens (tertiary/aromatic N) is 1. The van der Waals surface area contributed by atoms with Crippen molar-refractivity contribution in [3.8, 4) is 5.75 Å². The lowest BCUT2D eigenvalue weighted by Gasteiger charge is -2.22. The average molecular weight is 334 g/mol. The van der Waals surface area contributed by atoms with Gasteiger partial charge in [-0.3, -0.25) is 0 Å². The summed E-state index contributed by atoms with van der Waals surface area (Å²) in [5.74, 6) is -0.214. The number of carbonyl (C=O) groups is 1. The Kier molecular flexibility index (Phi) is 4.81. The molecule has 2 amide bonds. The molecule has 1 saturated carbocycles. The van der Waals surface area contributed by atoms with Gasteiger partial charge in [0, 0.05) is 17.5 Å². The number of amides is 2. The van der Waals surface area contributed by atoms with Gasteiger partial charge in [0.25, 0.3) is 0 Å². The summed E-state index contributed by atoms with van der Waals surface area (Å²) in [5, 5.41) is 4.89. The Morgan fingerprint density at radius 2 is 2.26 bits per heavy atom. The van der Waals surface area contributed by atoms with Crippen LogP contribution in [0.3, 0.4) is 0 Å². The van der Waals surface area contributed by atoms with Crippen LogP contribution in [0.25, 0.3) is 0 Å². The number of ether oxygens (including phenoxy) is 1. The highest BCUT2D eigenvalue weighted by molar-refractivity contribution is 7.09. The zero-order valence-electron chi connectivity index (χ0n) is 12.9. The Morgan fingerprint density at radius 1 is 1.43 bits per heavy atom. The predicted octanol–water partition coefficient (Wildman–Crippen LogP) is 3.77. The normalized spacial score (nSPS) is 13.7. The van der Waals surface area contributed by atoms with E-state index in [9.17, 15) is 9.18 Å².